The van der Waals surface area contributed by atoms with Gasteiger partial charge in [0.1, 0.15) is 11.4 Å². The van der Waals surface area contributed by atoms with E-state index in [9.17, 15) is 18.8 Å². The van der Waals surface area contributed by atoms with E-state index in [1.165, 1.54) is 31.1 Å². The molecule has 0 aromatic heterocycles. The molecule has 1 spiro atoms. The summed E-state index contributed by atoms with van der Waals surface area (Å²) in [7, 11) is 3.02. The average molecular weight is 319 g/mol. The van der Waals surface area contributed by atoms with Gasteiger partial charge in [-0.15, -0.1) is 0 Å². The number of carbonyl (C=O) groups excluding carboxylic acids is 3. The van der Waals surface area contributed by atoms with Gasteiger partial charge < -0.3 is 10.2 Å². The van der Waals surface area contributed by atoms with Gasteiger partial charge in [0.05, 0.1) is 11.3 Å². The minimum atomic E-state index is -0.836. The first-order valence-corrected chi connectivity index (χ1v) is 7.54. The number of nitrogens with one attached hydrogen (secondary N) is 1. The first kappa shape index (κ1) is 15.5. The molecule has 2 fully saturated rings. The summed E-state index contributed by atoms with van der Waals surface area (Å²) in [4.78, 5) is 39.2. The van der Waals surface area contributed by atoms with Crippen molar-refractivity contribution in [3.63, 3.8) is 0 Å². The molecule has 122 valence electrons. The smallest absolute Gasteiger partial charge is 0.329 e. The van der Waals surface area contributed by atoms with Crippen LogP contribution in [0.3, 0.4) is 0 Å². The normalized spacial score (nSPS) is 19.3. The Morgan fingerprint density at radius 1 is 1.26 bits per heavy atom. The minimum Gasteiger partial charge on any atom is -0.345 e. The predicted molar refractivity (Wildman–Crippen MR) is 81.6 cm³/mol. The lowest BCUT2D eigenvalue weighted by molar-refractivity contribution is -0.121. The maximum atomic E-state index is 13.9. The van der Waals surface area contributed by atoms with E-state index in [2.05, 4.69) is 5.32 Å². The van der Waals surface area contributed by atoms with Crippen LogP contribution in [0.15, 0.2) is 18.2 Å². The Balaban J connectivity index is 1.99. The first-order valence-electron chi connectivity index (χ1n) is 7.54. The molecule has 7 heteroatoms. The number of rotatable bonds is 2. The van der Waals surface area contributed by atoms with Crippen molar-refractivity contribution in [2.45, 2.75) is 31.2 Å². The maximum absolute atomic E-state index is 13.9. The van der Waals surface area contributed by atoms with E-state index in [4.69, 9.17) is 0 Å². The van der Waals surface area contributed by atoms with Gasteiger partial charge in [-0.25, -0.2) is 14.1 Å². The number of anilines is 1. The zero-order valence-electron chi connectivity index (χ0n) is 13.1. The van der Waals surface area contributed by atoms with Crippen LogP contribution in [0.2, 0.25) is 0 Å². The molecule has 1 N–H and O–H groups in total. The molecule has 0 bridgehead atoms. The van der Waals surface area contributed by atoms with Gasteiger partial charge in [0.2, 0.25) is 0 Å². The number of carbonyl (C=O) groups is 3. The van der Waals surface area contributed by atoms with Crippen molar-refractivity contribution in [3.05, 3.63) is 29.6 Å². The lowest BCUT2D eigenvalue weighted by Gasteiger charge is -2.20. The minimum absolute atomic E-state index is 0.166. The SMILES string of the molecule is CN(C)C(=O)c1cc(N2C(=O)NC3(CCCC3)C2=O)ccc1F. The third-order valence-corrected chi connectivity index (χ3v) is 4.46. The van der Waals surface area contributed by atoms with E-state index in [0.29, 0.717) is 12.8 Å². The summed E-state index contributed by atoms with van der Waals surface area (Å²) in [5.41, 5.74) is -0.791. The van der Waals surface area contributed by atoms with E-state index < -0.39 is 23.3 Å². The van der Waals surface area contributed by atoms with Crippen LogP contribution in [0.4, 0.5) is 14.9 Å². The van der Waals surface area contributed by atoms with Gasteiger partial charge in [-0.3, -0.25) is 9.59 Å². The number of hydrogen-bond acceptors (Lipinski definition) is 3. The largest absolute Gasteiger partial charge is 0.345 e. The Labute approximate surface area is 133 Å². The summed E-state index contributed by atoms with van der Waals surface area (Å²) in [5.74, 6) is -1.53. The van der Waals surface area contributed by atoms with E-state index in [1.54, 1.807) is 0 Å². The van der Waals surface area contributed by atoms with E-state index >= 15 is 0 Å². The highest BCUT2D eigenvalue weighted by molar-refractivity contribution is 6.23. The van der Waals surface area contributed by atoms with Crippen molar-refractivity contribution in [1.29, 1.82) is 0 Å². The molecule has 3 rings (SSSR count). The zero-order valence-corrected chi connectivity index (χ0v) is 13.1. The molecule has 2 aliphatic rings. The molecule has 4 amide bonds. The number of amides is 4. The Kier molecular flexibility index (Phi) is 3.58. The molecule has 6 nitrogen and oxygen atoms in total. The lowest BCUT2D eigenvalue weighted by Crippen LogP contribution is -2.44. The molecule has 0 radical (unpaired) electrons. The maximum Gasteiger partial charge on any atom is 0.329 e. The highest BCUT2D eigenvalue weighted by Gasteiger charge is 2.53. The van der Waals surface area contributed by atoms with E-state index in [1.807, 2.05) is 0 Å². The Hall–Kier alpha value is -2.44. The standard InChI is InChI=1S/C16H18FN3O3/c1-19(2)13(21)11-9-10(5-6-12(11)17)20-14(22)16(18-15(20)23)7-3-4-8-16/h5-6,9H,3-4,7-8H2,1-2H3,(H,18,23). The number of nitrogens with zero attached hydrogens (tertiary/aromatic N) is 2. The third kappa shape index (κ3) is 2.36. The van der Waals surface area contributed by atoms with E-state index in [0.717, 1.165) is 23.8 Å². The van der Waals surface area contributed by atoms with Crippen LogP contribution in [-0.2, 0) is 4.79 Å². The van der Waals surface area contributed by atoms with Gasteiger partial charge in [0.15, 0.2) is 0 Å². The van der Waals surface area contributed by atoms with Gasteiger partial charge >= 0.3 is 6.03 Å². The summed E-state index contributed by atoms with van der Waals surface area (Å²) >= 11 is 0. The molecule has 1 saturated heterocycles. The molecule has 1 aliphatic carbocycles. The van der Waals surface area contributed by atoms with Gasteiger partial charge in [0.25, 0.3) is 11.8 Å². The van der Waals surface area contributed by atoms with Gasteiger partial charge in [0, 0.05) is 14.1 Å². The quantitative estimate of drug-likeness (QED) is 0.846. The van der Waals surface area contributed by atoms with E-state index in [-0.39, 0.29) is 17.2 Å². The van der Waals surface area contributed by atoms with Crippen LogP contribution in [0.25, 0.3) is 0 Å². The van der Waals surface area contributed by atoms with Gasteiger partial charge in [-0.05, 0) is 31.0 Å². The summed E-state index contributed by atoms with van der Waals surface area (Å²) in [6, 6.07) is 3.18. The summed E-state index contributed by atoms with van der Waals surface area (Å²) < 4.78 is 13.9. The molecule has 1 heterocycles. The molecular formula is C16H18FN3O3. The topological polar surface area (TPSA) is 69.7 Å². The van der Waals surface area contributed by atoms with Crippen LogP contribution in [0.1, 0.15) is 36.0 Å². The second kappa shape index (κ2) is 5.33. The van der Waals surface area contributed by atoms with Gasteiger partial charge in [-0.2, -0.15) is 0 Å². The van der Waals surface area contributed by atoms with Crippen LogP contribution in [0.5, 0.6) is 0 Å². The molecule has 1 aromatic rings. The zero-order chi connectivity index (χ0) is 16.8. The van der Waals surface area contributed by atoms with Crippen molar-refractivity contribution in [2.24, 2.45) is 0 Å². The lowest BCUT2D eigenvalue weighted by atomic mass is 9.98. The Morgan fingerprint density at radius 3 is 2.52 bits per heavy atom. The number of halogens is 1. The first-order chi connectivity index (χ1) is 10.9. The fraction of sp³-hybridized carbons (Fsp3) is 0.438. The molecular weight excluding hydrogens is 301 g/mol. The van der Waals surface area contributed by atoms with Gasteiger partial charge in [-0.1, -0.05) is 12.8 Å². The average Bonchev–Trinajstić information content (AvgIpc) is 3.06. The molecule has 1 saturated carbocycles. The second-order valence-corrected chi connectivity index (χ2v) is 6.22. The second-order valence-electron chi connectivity index (χ2n) is 6.22. The van der Waals surface area contributed by atoms with Crippen LogP contribution in [-0.4, -0.2) is 42.4 Å². The highest BCUT2D eigenvalue weighted by atomic mass is 19.1. The molecule has 1 aliphatic heterocycles. The van der Waals surface area contributed by atoms with Crippen molar-refractivity contribution in [3.8, 4) is 0 Å². The summed E-state index contributed by atoms with van der Waals surface area (Å²) in [5, 5.41) is 2.76. The number of benzene rings is 1. The Morgan fingerprint density at radius 2 is 1.91 bits per heavy atom. The third-order valence-electron chi connectivity index (χ3n) is 4.46. The van der Waals surface area contributed by atoms with Crippen molar-refractivity contribution in [2.75, 3.05) is 19.0 Å². The summed E-state index contributed by atoms with van der Waals surface area (Å²) in [6.07, 6.45) is 2.98. The van der Waals surface area contributed by atoms with Crippen molar-refractivity contribution in [1.82, 2.24) is 10.2 Å². The van der Waals surface area contributed by atoms with Crippen LogP contribution in [0, 0.1) is 5.82 Å². The highest BCUT2D eigenvalue weighted by Crippen LogP contribution is 2.37. The number of imide groups is 1. The Bertz CT molecular complexity index is 696. The van der Waals surface area contributed by atoms with Crippen LogP contribution >= 0.6 is 0 Å². The van der Waals surface area contributed by atoms with Crippen molar-refractivity contribution < 1.29 is 18.8 Å². The molecule has 1 aromatic carbocycles. The monoisotopic (exact) mass is 319 g/mol. The predicted octanol–water partition coefficient (Wildman–Crippen LogP) is 1.90. The fourth-order valence-electron chi connectivity index (χ4n) is 3.23. The summed E-state index contributed by atoms with van der Waals surface area (Å²) in [6.45, 7) is 0. The molecule has 0 atom stereocenters. The number of urea groups is 1. The van der Waals surface area contributed by atoms with Crippen LogP contribution < -0.4 is 10.2 Å². The number of hydrogen-bond donors (Lipinski definition) is 1. The van der Waals surface area contributed by atoms with Crippen molar-refractivity contribution >= 4 is 23.5 Å². The molecule has 23 heavy (non-hydrogen) atoms. The molecule has 0 unspecified atom stereocenters. The fourth-order valence-corrected chi connectivity index (χ4v) is 3.23.